The maximum Gasteiger partial charge on any atom is 0.346 e. The van der Waals surface area contributed by atoms with Gasteiger partial charge in [-0.05, 0) is 44.5 Å². The second-order valence-electron chi connectivity index (χ2n) is 5.88. The Kier molecular flexibility index (Phi) is 6.32. The Morgan fingerprint density at radius 2 is 1.96 bits per heavy atom. The number of carbonyl (C=O) groups excluding carboxylic acids is 1. The van der Waals surface area contributed by atoms with Gasteiger partial charge in [-0.15, -0.1) is 0 Å². The normalized spacial score (nSPS) is 11.8. The summed E-state index contributed by atoms with van der Waals surface area (Å²) < 4.78 is 20.0. The summed E-state index contributed by atoms with van der Waals surface area (Å²) >= 11 is 0. The predicted molar refractivity (Wildman–Crippen MR) is 92.8 cm³/mol. The maximum absolute atomic E-state index is 12.9. The Labute approximate surface area is 150 Å². The topological polar surface area (TPSA) is 93.5 Å². The van der Waals surface area contributed by atoms with Crippen molar-refractivity contribution >= 4 is 11.9 Å². The van der Waals surface area contributed by atoms with Crippen LogP contribution in [0.5, 0.6) is 5.75 Å². The van der Waals surface area contributed by atoms with E-state index in [-0.39, 0.29) is 12.3 Å². The summed E-state index contributed by atoms with van der Waals surface area (Å²) in [6, 6.07) is 5.00. The fraction of sp³-hybridized carbons (Fsp3) is 0.389. The Hall–Kier alpha value is -2.90. The summed E-state index contributed by atoms with van der Waals surface area (Å²) in [4.78, 5) is 23.8. The van der Waals surface area contributed by atoms with E-state index in [0.29, 0.717) is 17.8 Å². The molecule has 2 rings (SSSR count). The second-order valence-corrected chi connectivity index (χ2v) is 5.88. The Morgan fingerprint density at radius 3 is 2.54 bits per heavy atom. The highest BCUT2D eigenvalue weighted by Crippen LogP contribution is 2.15. The first-order valence-corrected chi connectivity index (χ1v) is 8.30. The molecule has 1 unspecified atom stereocenters. The van der Waals surface area contributed by atoms with E-state index in [2.05, 4.69) is 10.4 Å². The summed E-state index contributed by atoms with van der Waals surface area (Å²) in [5, 5.41) is 16.2. The number of carbonyl (C=O) groups is 2. The van der Waals surface area contributed by atoms with Crippen LogP contribution < -0.4 is 10.1 Å². The van der Waals surface area contributed by atoms with Gasteiger partial charge in [0.1, 0.15) is 11.6 Å². The molecule has 0 radical (unpaired) electrons. The van der Waals surface area contributed by atoms with Crippen LogP contribution in [0, 0.1) is 19.7 Å². The summed E-state index contributed by atoms with van der Waals surface area (Å²) in [5.41, 5.74) is 1.75. The largest absolute Gasteiger partial charge is 0.478 e. The van der Waals surface area contributed by atoms with Gasteiger partial charge in [0, 0.05) is 12.2 Å². The van der Waals surface area contributed by atoms with E-state index in [1.54, 1.807) is 18.5 Å². The zero-order chi connectivity index (χ0) is 19.3. The van der Waals surface area contributed by atoms with Crippen LogP contribution in [0.3, 0.4) is 0 Å². The minimum atomic E-state index is -1.30. The Morgan fingerprint density at radius 1 is 1.31 bits per heavy atom. The van der Waals surface area contributed by atoms with Crippen molar-refractivity contribution in [2.45, 2.75) is 39.8 Å². The van der Waals surface area contributed by atoms with E-state index in [1.807, 2.05) is 6.92 Å². The molecule has 0 aliphatic carbocycles. The smallest absolute Gasteiger partial charge is 0.346 e. The highest BCUT2D eigenvalue weighted by Gasteiger charge is 2.23. The molecule has 26 heavy (non-hydrogen) atoms. The van der Waals surface area contributed by atoms with Gasteiger partial charge in [0.25, 0.3) is 5.91 Å². The molecule has 0 saturated heterocycles. The lowest BCUT2D eigenvalue weighted by Crippen LogP contribution is -2.40. The van der Waals surface area contributed by atoms with Gasteiger partial charge in [-0.25, -0.2) is 9.18 Å². The average Bonchev–Trinajstić information content (AvgIpc) is 2.87. The Balaban J connectivity index is 2.05. The van der Waals surface area contributed by atoms with Crippen molar-refractivity contribution < 1.29 is 23.8 Å². The summed E-state index contributed by atoms with van der Waals surface area (Å²) in [5.74, 6) is -1.88. The fourth-order valence-electron chi connectivity index (χ4n) is 2.59. The van der Waals surface area contributed by atoms with Gasteiger partial charge in [0.05, 0.1) is 17.8 Å². The highest BCUT2D eigenvalue weighted by atomic mass is 19.1. The van der Waals surface area contributed by atoms with Crippen LogP contribution >= 0.6 is 0 Å². The number of hydrogen-bond donors (Lipinski definition) is 2. The number of ether oxygens (including phenoxy) is 1. The van der Waals surface area contributed by atoms with Crippen molar-refractivity contribution in [3.8, 4) is 5.75 Å². The van der Waals surface area contributed by atoms with E-state index < -0.39 is 23.8 Å². The number of carboxylic acids is 1. The monoisotopic (exact) mass is 363 g/mol. The minimum absolute atomic E-state index is 0.205. The van der Waals surface area contributed by atoms with Gasteiger partial charge in [0.2, 0.25) is 6.10 Å². The van der Waals surface area contributed by atoms with Crippen molar-refractivity contribution in [3.63, 3.8) is 0 Å². The number of aryl methyl sites for hydroxylation is 2. The van der Waals surface area contributed by atoms with Crippen LogP contribution in [-0.4, -0.2) is 39.4 Å². The summed E-state index contributed by atoms with van der Waals surface area (Å²) in [6.07, 6.45) is -0.411. The number of rotatable bonds is 8. The van der Waals surface area contributed by atoms with Crippen LogP contribution in [0.2, 0.25) is 0 Å². The van der Waals surface area contributed by atoms with Gasteiger partial charge in [0.15, 0.2) is 0 Å². The molecule has 2 aromatic rings. The van der Waals surface area contributed by atoms with Crippen molar-refractivity contribution in [2.24, 2.45) is 0 Å². The van der Waals surface area contributed by atoms with E-state index in [9.17, 15) is 19.1 Å². The summed E-state index contributed by atoms with van der Waals surface area (Å²) in [7, 11) is 0. The van der Waals surface area contributed by atoms with E-state index >= 15 is 0 Å². The highest BCUT2D eigenvalue weighted by molar-refractivity contribution is 5.96. The number of nitrogens with one attached hydrogen (secondary N) is 1. The summed E-state index contributed by atoms with van der Waals surface area (Å²) in [6.45, 7) is 6.02. The first-order chi connectivity index (χ1) is 12.3. The third kappa shape index (κ3) is 4.59. The van der Waals surface area contributed by atoms with Crippen LogP contribution in [0.15, 0.2) is 24.3 Å². The quantitative estimate of drug-likeness (QED) is 0.751. The molecule has 0 aliphatic rings. The molecule has 1 aromatic heterocycles. The van der Waals surface area contributed by atoms with Crippen LogP contribution in [0.25, 0.3) is 0 Å². The molecule has 1 atom stereocenters. The first kappa shape index (κ1) is 19.4. The Bertz CT molecular complexity index is 786. The molecule has 1 amide bonds. The molecule has 1 heterocycles. The molecule has 0 bridgehead atoms. The SMILES string of the molecule is CCCn1nc(C)c(C(=O)NCC(Oc2ccc(F)cc2)C(=O)O)c1C. The number of aromatic nitrogens is 2. The predicted octanol–water partition coefficient (Wildman–Crippen LogP) is 2.31. The number of benzene rings is 1. The number of aliphatic carboxylic acids is 1. The van der Waals surface area contributed by atoms with Gasteiger partial charge in [-0.2, -0.15) is 5.10 Å². The second kappa shape index (κ2) is 8.46. The van der Waals surface area contributed by atoms with Gasteiger partial charge >= 0.3 is 5.97 Å². The van der Waals surface area contributed by atoms with Crippen LogP contribution in [0.4, 0.5) is 4.39 Å². The lowest BCUT2D eigenvalue weighted by atomic mass is 10.2. The molecule has 7 nitrogen and oxygen atoms in total. The molecule has 140 valence electrons. The van der Waals surface area contributed by atoms with Crippen molar-refractivity contribution in [2.75, 3.05) is 6.54 Å². The molecule has 0 aliphatic heterocycles. The van der Waals surface area contributed by atoms with E-state index in [1.165, 1.54) is 24.3 Å². The zero-order valence-corrected chi connectivity index (χ0v) is 15.0. The van der Waals surface area contributed by atoms with Gasteiger partial charge < -0.3 is 15.2 Å². The van der Waals surface area contributed by atoms with Gasteiger partial charge in [-0.3, -0.25) is 9.48 Å². The number of amides is 1. The third-order valence-electron chi connectivity index (χ3n) is 3.86. The standard InChI is InChI=1S/C18H22FN3O4/c1-4-9-22-12(3)16(11(2)21-22)17(23)20-10-15(18(24)25)26-14-7-5-13(19)6-8-14/h5-8,15H,4,9-10H2,1-3H3,(H,20,23)(H,24,25). The zero-order valence-electron chi connectivity index (χ0n) is 15.0. The lowest BCUT2D eigenvalue weighted by Gasteiger charge is -2.16. The number of nitrogens with zero attached hydrogens (tertiary/aromatic N) is 2. The molecule has 0 spiro atoms. The average molecular weight is 363 g/mol. The fourth-order valence-corrected chi connectivity index (χ4v) is 2.59. The number of carboxylic acid groups (broad SMARTS) is 1. The molecule has 0 saturated carbocycles. The van der Waals surface area contributed by atoms with Gasteiger partial charge in [-0.1, -0.05) is 6.92 Å². The van der Waals surface area contributed by atoms with Crippen molar-refractivity contribution in [1.29, 1.82) is 0 Å². The van der Waals surface area contributed by atoms with E-state index in [0.717, 1.165) is 12.1 Å². The molecule has 2 N–H and O–H groups in total. The maximum atomic E-state index is 12.9. The molecular weight excluding hydrogens is 341 g/mol. The molecule has 1 aromatic carbocycles. The molecular formula is C18H22FN3O4. The van der Waals surface area contributed by atoms with Crippen molar-refractivity contribution in [3.05, 3.63) is 47.0 Å². The van der Waals surface area contributed by atoms with Crippen LogP contribution in [0.1, 0.15) is 35.1 Å². The molecule has 8 heteroatoms. The number of hydrogen-bond acceptors (Lipinski definition) is 4. The minimum Gasteiger partial charge on any atom is -0.478 e. The number of halogens is 1. The van der Waals surface area contributed by atoms with E-state index in [4.69, 9.17) is 4.74 Å². The molecule has 0 fully saturated rings. The third-order valence-corrected chi connectivity index (χ3v) is 3.86. The van der Waals surface area contributed by atoms with Crippen molar-refractivity contribution in [1.82, 2.24) is 15.1 Å². The lowest BCUT2D eigenvalue weighted by molar-refractivity contribution is -0.144. The van der Waals surface area contributed by atoms with Crippen LogP contribution in [-0.2, 0) is 11.3 Å². The first-order valence-electron chi connectivity index (χ1n) is 8.30.